The van der Waals surface area contributed by atoms with Crippen molar-refractivity contribution < 1.29 is 9.53 Å². The second-order valence-electron chi connectivity index (χ2n) is 8.70. The molecule has 9 heteroatoms. The fraction of sp³-hybridized carbons (Fsp3) is 0.207. The van der Waals surface area contributed by atoms with Crippen molar-refractivity contribution in [3.8, 4) is 5.75 Å². The molecule has 0 aliphatic carbocycles. The van der Waals surface area contributed by atoms with Crippen LogP contribution >= 0.6 is 35.3 Å². The zero-order valence-electron chi connectivity index (χ0n) is 20.9. The molecule has 2 aromatic heterocycles. The summed E-state index contributed by atoms with van der Waals surface area (Å²) in [5.41, 5.74) is 2.88. The number of nitrogens with zero attached hydrogens (tertiary/aromatic N) is 4. The minimum absolute atomic E-state index is 0. The molecule has 0 aliphatic rings. The van der Waals surface area contributed by atoms with Gasteiger partial charge in [-0.25, -0.2) is 9.97 Å². The van der Waals surface area contributed by atoms with Gasteiger partial charge in [-0.05, 0) is 29.7 Å². The first kappa shape index (κ1) is 27.6. The van der Waals surface area contributed by atoms with Crippen LogP contribution in [0.25, 0.3) is 10.2 Å². The number of hydrogen-bond donors (Lipinski definition) is 0. The highest BCUT2D eigenvalue weighted by atomic mass is 35.5. The lowest BCUT2D eigenvalue weighted by atomic mass is 9.88. The van der Waals surface area contributed by atoms with Crippen LogP contribution in [0.5, 0.6) is 5.75 Å². The first-order valence-corrected chi connectivity index (χ1v) is 13.3. The Balaban J connectivity index is 0.00000336. The molecule has 5 rings (SSSR count). The smallest absolute Gasteiger partial charge is 0.229 e. The molecule has 0 saturated carbocycles. The Hall–Kier alpha value is -3.39. The van der Waals surface area contributed by atoms with Gasteiger partial charge in [-0.2, -0.15) is 0 Å². The number of methoxy groups -OCH3 is 1. The van der Waals surface area contributed by atoms with Gasteiger partial charge in [-0.1, -0.05) is 83.6 Å². The number of hydrogen-bond acceptors (Lipinski definition) is 5. The van der Waals surface area contributed by atoms with Gasteiger partial charge in [0.25, 0.3) is 0 Å². The maximum absolute atomic E-state index is 14.0. The number of anilines is 1. The van der Waals surface area contributed by atoms with E-state index in [2.05, 4.69) is 29.2 Å². The number of imidazole rings is 1. The molecule has 0 aliphatic heterocycles. The highest BCUT2D eigenvalue weighted by Gasteiger charge is 2.26. The number of aromatic nitrogens is 3. The molecule has 0 radical (unpaired) electrons. The molecule has 0 unspecified atom stereocenters. The normalized spacial score (nSPS) is 10.9. The van der Waals surface area contributed by atoms with Crippen LogP contribution in [0, 0.1) is 0 Å². The Labute approximate surface area is 237 Å². The molecule has 5 aromatic rings. The summed E-state index contributed by atoms with van der Waals surface area (Å²) in [7, 11) is 1.61. The van der Waals surface area contributed by atoms with Crippen LogP contribution in [0.15, 0.2) is 91.5 Å². The van der Waals surface area contributed by atoms with Crippen LogP contribution in [0.1, 0.15) is 29.9 Å². The second kappa shape index (κ2) is 12.9. The van der Waals surface area contributed by atoms with E-state index in [4.69, 9.17) is 21.3 Å². The summed E-state index contributed by atoms with van der Waals surface area (Å²) in [6.45, 7) is 1.27. The number of ether oxygens (including phenoxy) is 1. The zero-order valence-corrected chi connectivity index (χ0v) is 23.3. The van der Waals surface area contributed by atoms with Crippen LogP contribution in [-0.2, 0) is 11.3 Å². The van der Waals surface area contributed by atoms with Gasteiger partial charge in [0.1, 0.15) is 11.3 Å². The summed E-state index contributed by atoms with van der Waals surface area (Å²) >= 11 is 7.92. The molecule has 2 heterocycles. The van der Waals surface area contributed by atoms with Crippen molar-refractivity contribution in [3.05, 3.63) is 108 Å². The van der Waals surface area contributed by atoms with E-state index >= 15 is 0 Å². The lowest BCUT2D eigenvalue weighted by Crippen LogP contribution is -2.33. The quantitative estimate of drug-likeness (QED) is 0.179. The molecule has 1 amide bonds. The second-order valence-corrected chi connectivity index (χ2v) is 10.1. The Morgan fingerprint density at radius 3 is 2.34 bits per heavy atom. The summed E-state index contributed by atoms with van der Waals surface area (Å²) in [5, 5.41) is 1.22. The third-order valence-corrected chi connectivity index (χ3v) is 7.88. The molecule has 196 valence electrons. The monoisotopic (exact) mass is 566 g/mol. The third-order valence-electron chi connectivity index (χ3n) is 6.34. The van der Waals surface area contributed by atoms with Gasteiger partial charge in [0.15, 0.2) is 5.13 Å². The lowest BCUT2D eigenvalue weighted by Gasteiger charge is -2.24. The van der Waals surface area contributed by atoms with Gasteiger partial charge in [-0.3, -0.25) is 9.69 Å². The fourth-order valence-electron chi connectivity index (χ4n) is 4.46. The Morgan fingerprint density at radius 1 is 1.05 bits per heavy atom. The maximum Gasteiger partial charge on any atom is 0.229 e. The third kappa shape index (κ3) is 6.18. The standard InChI is InChI=1S/C29H27ClN4O2S.ClH/c1-36-25-14-13-24(30)28-27(25)32-29(37-28)34(17-8-16-33-18-15-31-20-33)26(35)19-23(21-9-4-2-5-10-21)22-11-6-3-7-12-22;/h2-7,9-15,18,20,23H,8,16-17,19H2,1H3;1H. The van der Waals surface area contributed by atoms with Crippen LogP contribution < -0.4 is 9.64 Å². The SMILES string of the molecule is COc1ccc(Cl)c2sc(N(CCCn3ccnc3)C(=O)CC(c3ccccc3)c3ccccc3)nc12.Cl. The van der Waals surface area contributed by atoms with E-state index in [1.54, 1.807) is 36.7 Å². The van der Waals surface area contributed by atoms with Crippen molar-refractivity contribution >= 4 is 56.6 Å². The molecule has 0 bridgehead atoms. The average molecular weight is 568 g/mol. The van der Waals surface area contributed by atoms with E-state index < -0.39 is 0 Å². The highest BCUT2D eigenvalue weighted by Crippen LogP contribution is 2.39. The zero-order chi connectivity index (χ0) is 25.6. The van der Waals surface area contributed by atoms with Crippen molar-refractivity contribution in [2.24, 2.45) is 0 Å². The molecular formula is C29H28Cl2N4O2S. The molecule has 0 saturated heterocycles. The van der Waals surface area contributed by atoms with E-state index in [9.17, 15) is 4.79 Å². The number of aryl methyl sites for hydroxylation is 1. The Morgan fingerprint density at radius 2 is 1.74 bits per heavy atom. The number of rotatable bonds is 10. The highest BCUT2D eigenvalue weighted by molar-refractivity contribution is 7.23. The van der Waals surface area contributed by atoms with Crippen molar-refractivity contribution in [1.82, 2.24) is 14.5 Å². The van der Waals surface area contributed by atoms with Crippen molar-refractivity contribution in [1.29, 1.82) is 0 Å². The van der Waals surface area contributed by atoms with E-state index in [-0.39, 0.29) is 24.2 Å². The first-order chi connectivity index (χ1) is 18.1. The molecule has 0 N–H and O–H groups in total. The number of benzene rings is 3. The summed E-state index contributed by atoms with van der Waals surface area (Å²) < 4.78 is 8.34. The molecule has 0 fully saturated rings. The minimum atomic E-state index is -0.0708. The summed E-state index contributed by atoms with van der Waals surface area (Å²) in [4.78, 5) is 24.8. The van der Waals surface area contributed by atoms with Gasteiger partial charge < -0.3 is 9.30 Å². The van der Waals surface area contributed by atoms with Crippen molar-refractivity contribution in [2.45, 2.75) is 25.3 Å². The lowest BCUT2D eigenvalue weighted by molar-refractivity contribution is -0.118. The summed E-state index contributed by atoms with van der Waals surface area (Å²) in [6.07, 6.45) is 6.55. The van der Waals surface area contributed by atoms with E-state index in [0.717, 1.165) is 28.8 Å². The number of amides is 1. The number of carbonyl (C=O) groups excluding carboxylic acids is 1. The molecule has 38 heavy (non-hydrogen) atoms. The maximum atomic E-state index is 14.0. The topological polar surface area (TPSA) is 60.2 Å². The Kier molecular flexibility index (Phi) is 9.39. The van der Waals surface area contributed by atoms with Crippen LogP contribution in [0.4, 0.5) is 5.13 Å². The number of thiazole rings is 1. The molecule has 3 aromatic carbocycles. The van der Waals surface area contributed by atoms with Gasteiger partial charge in [0, 0.05) is 37.8 Å². The largest absolute Gasteiger partial charge is 0.494 e. The van der Waals surface area contributed by atoms with E-state index in [0.29, 0.717) is 34.4 Å². The predicted molar refractivity (Wildman–Crippen MR) is 157 cm³/mol. The molecule has 0 spiro atoms. The molecule has 6 nitrogen and oxygen atoms in total. The van der Waals surface area contributed by atoms with Crippen LogP contribution in [0.2, 0.25) is 5.02 Å². The van der Waals surface area contributed by atoms with Crippen molar-refractivity contribution in [2.75, 3.05) is 18.6 Å². The summed E-state index contributed by atoms with van der Waals surface area (Å²) in [5.74, 6) is 0.579. The van der Waals surface area contributed by atoms with E-state index in [1.165, 1.54) is 11.3 Å². The number of fused-ring (bicyclic) bond motifs is 1. The summed E-state index contributed by atoms with van der Waals surface area (Å²) in [6, 6.07) is 24.0. The Bertz CT molecular complexity index is 1420. The molecular weight excluding hydrogens is 539 g/mol. The minimum Gasteiger partial charge on any atom is -0.494 e. The fourth-order valence-corrected chi connectivity index (χ4v) is 5.76. The van der Waals surface area contributed by atoms with E-state index in [1.807, 2.05) is 47.2 Å². The average Bonchev–Trinajstić information content (AvgIpc) is 3.62. The van der Waals surface area contributed by atoms with Gasteiger partial charge in [-0.15, -0.1) is 12.4 Å². The predicted octanol–water partition coefficient (Wildman–Crippen LogP) is 7.22. The number of halogens is 2. The van der Waals surface area contributed by atoms with Gasteiger partial charge >= 0.3 is 0 Å². The number of carbonyl (C=O) groups is 1. The first-order valence-electron chi connectivity index (χ1n) is 12.1. The van der Waals surface area contributed by atoms with Gasteiger partial charge in [0.05, 0.1) is 23.2 Å². The van der Waals surface area contributed by atoms with Gasteiger partial charge in [0.2, 0.25) is 5.91 Å². The van der Waals surface area contributed by atoms with Crippen LogP contribution in [-0.4, -0.2) is 34.1 Å². The van der Waals surface area contributed by atoms with Crippen LogP contribution in [0.3, 0.4) is 0 Å². The molecule has 0 atom stereocenters. The van der Waals surface area contributed by atoms with Crippen molar-refractivity contribution in [3.63, 3.8) is 0 Å².